The van der Waals surface area contributed by atoms with E-state index in [-0.39, 0.29) is 18.4 Å². The van der Waals surface area contributed by atoms with Crippen molar-refractivity contribution in [3.05, 3.63) is 47.3 Å². The third-order valence-corrected chi connectivity index (χ3v) is 4.40. The minimum atomic E-state index is -0.179. The first kappa shape index (κ1) is 17.2. The van der Waals surface area contributed by atoms with E-state index in [1.165, 1.54) is 12.8 Å². The number of aromatic nitrogens is 2. The molecule has 6 heteroatoms. The van der Waals surface area contributed by atoms with Crippen molar-refractivity contribution >= 4 is 17.5 Å². The Kier molecular flexibility index (Phi) is 5.16. The van der Waals surface area contributed by atoms with Crippen molar-refractivity contribution in [3.63, 3.8) is 0 Å². The molecule has 0 atom stereocenters. The second-order valence-electron chi connectivity index (χ2n) is 6.81. The molecule has 3 rings (SSSR count). The predicted molar refractivity (Wildman–Crippen MR) is 96.5 cm³/mol. The van der Waals surface area contributed by atoms with Gasteiger partial charge < -0.3 is 10.6 Å². The van der Waals surface area contributed by atoms with E-state index < -0.39 is 0 Å². The smallest absolute Gasteiger partial charge is 0.255 e. The highest BCUT2D eigenvalue weighted by Gasteiger charge is 2.17. The average molecular weight is 340 g/mol. The SMILES string of the molecule is Cc1cc(C)cc(C(=O)Nc2cnn(CC(=O)NC3CCCC3)c2)c1. The van der Waals surface area contributed by atoms with Gasteiger partial charge >= 0.3 is 0 Å². The zero-order valence-corrected chi connectivity index (χ0v) is 14.7. The maximum atomic E-state index is 12.4. The van der Waals surface area contributed by atoms with Crippen molar-refractivity contribution in [2.75, 3.05) is 5.32 Å². The van der Waals surface area contributed by atoms with Crippen LogP contribution < -0.4 is 10.6 Å². The van der Waals surface area contributed by atoms with Gasteiger partial charge in [0.1, 0.15) is 6.54 Å². The maximum Gasteiger partial charge on any atom is 0.255 e. The zero-order chi connectivity index (χ0) is 17.8. The van der Waals surface area contributed by atoms with Gasteiger partial charge in [0, 0.05) is 17.8 Å². The molecule has 1 fully saturated rings. The van der Waals surface area contributed by atoms with Crippen LogP contribution >= 0.6 is 0 Å². The average Bonchev–Trinajstić information content (AvgIpc) is 3.18. The van der Waals surface area contributed by atoms with Crippen LogP contribution in [0.5, 0.6) is 0 Å². The number of anilines is 1. The number of hydrogen-bond acceptors (Lipinski definition) is 3. The molecule has 132 valence electrons. The Morgan fingerprint density at radius 1 is 1.16 bits per heavy atom. The van der Waals surface area contributed by atoms with E-state index in [9.17, 15) is 9.59 Å². The number of carbonyl (C=O) groups is 2. The van der Waals surface area contributed by atoms with Gasteiger partial charge in [-0.25, -0.2) is 0 Å². The molecule has 1 aliphatic rings. The summed E-state index contributed by atoms with van der Waals surface area (Å²) < 4.78 is 1.54. The lowest BCUT2D eigenvalue weighted by Gasteiger charge is -2.11. The number of rotatable bonds is 5. The topological polar surface area (TPSA) is 76.0 Å². The van der Waals surface area contributed by atoms with Gasteiger partial charge in [-0.2, -0.15) is 5.10 Å². The monoisotopic (exact) mass is 340 g/mol. The molecule has 0 spiro atoms. The van der Waals surface area contributed by atoms with Gasteiger partial charge in [0.15, 0.2) is 0 Å². The molecule has 1 aliphatic carbocycles. The first-order chi connectivity index (χ1) is 12.0. The van der Waals surface area contributed by atoms with Gasteiger partial charge in [0.25, 0.3) is 5.91 Å². The van der Waals surface area contributed by atoms with Crippen LogP contribution in [0.1, 0.15) is 47.2 Å². The Balaban J connectivity index is 1.57. The highest BCUT2D eigenvalue weighted by Crippen LogP contribution is 2.17. The molecule has 2 N–H and O–H groups in total. The van der Waals surface area contributed by atoms with Crippen LogP contribution in [0.4, 0.5) is 5.69 Å². The molecule has 1 heterocycles. The van der Waals surface area contributed by atoms with Crippen LogP contribution in [-0.4, -0.2) is 27.6 Å². The fourth-order valence-electron chi connectivity index (χ4n) is 3.31. The quantitative estimate of drug-likeness (QED) is 0.879. The number of carbonyl (C=O) groups excluding carboxylic acids is 2. The molecule has 0 bridgehead atoms. The number of aryl methyl sites for hydroxylation is 2. The van der Waals surface area contributed by atoms with Crippen LogP contribution in [-0.2, 0) is 11.3 Å². The van der Waals surface area contributed by atoms with Crippen LogP contribution in [0.25, 0.3) is 0 Å². The molecular weight excluding hydrogens is 316 g/mol. The van der Waals surface area contributed by atoms with E-state index in [1.54, 1.807) is 17.1 Å². The van der Waals surface area contributed by atoms with E-state index in [1.807, 2.05) is 32.0 Å². The van der Waals surface area contributed by atoms with E-state index in [2.05, 4.69) is 15.7 Å². The summed E-state index contributed by atoms with van der Waals surface area (Å²) in [5.41, 5.74) is 3.29. The normalized spacial score (nSPS) is 14.5. The summed E-state index contributed by atoms with van der Waals surface area (Å²) in [5, 5.41) is 10.0. The largest absolute Gasteiger partial charge is 0.352 e. The number of nitrogens with one attached hydrogen (secondary N) is 2. The molecule has 25 heavy (non-hydrogen) atoms. The molecule has 1 aromatic heterocycles. The lowest BCUT2D eigenvalue weighted by atomic mass is 10.1. The lowest BCUT2D eigenvalue weighted by molar-refractivity contribution is -0.122. The summed E-state index contributed by atoms with van der Waals surface area (Å²) in [6.45, 7) is 4.09. The first-order valence-electron chi connectivity index (χ1n) is 8.71. The molecule has 0 saturated heterocycles. The fraction of sp³-hybridized carbons (Fsp3) is 0.421. The Hall–Kier alpha value is -2.63. The standard InChI is InChI=1S/C19H24N4O2/c1-13-7-14(2)9-15(8-13)19(25)22-17-10-20-23(11-17)12-18(24)21-16-5-3-4-6-16/h7-11,16H,3-6,12H2,1-2H3,(H,21,24)(H,22,25). The second kappa shape index (κ2) is 7.51. The predicted octanol–water partition coefficient (Wildman–Crippen LogP) is 2.81. The molecule has 1 aromatic carbocycles. The number of hydrogen-bond donors (Lipinski definition) is 2. The number of nitrogens with zero attached hydrogens (tertiary/aromatic N) is 2. The number of benzene rings is 1. The summed E-state index contributed by atoms with van der Waals surface area (Å²) in [6, 6.07) is 6.02. The van der Waals surface area contributed by atoms with E-state index in [4.69, 9.17) is 0 Å². The number of amides is 2. The molecule has 0 unspecified atom stereocenters. The minimum absolute atomic E-state index is 0.0396. The molecular formula is C19H24N4O2. The highest BCUT2D eigenvalue weighted by molar-refractivity contribution is 6.04. The van der Waals surface area contributed by atoms with Crippen molar-refractivity contribution in [2.24, 2.45) is 0 Å². The summed E-state index contributed by atoms with van der Waals surface area (Å²) in [4.78, 5) is 24.4. The van der Waals surface area contributed by atoms with Crippen LogP contribution in [0.15, 0.2) is 30.6 Å². The Morgan fingerprint density at radius 2 is 1.84 bits per heavy atom. The van der Waals surface area contributed by atoms with Crippen molar-refractivity contribution in [1.29, 1.82) is 0 Å². The molecule has 2 amide bonds. The molecule has 0 aliphatic heterocycles. The van der Waals surface area contributed by atoms with Gasteiger partial charge in [0.2, 0.25) is 5.91 Å². The van der Waals surface area contributed by atoms with Crippen molar-refractivity contribution < 1.29 is 9.59 Å². The molecule has 0 radical (unpaired) electrons. The van der Waals surface area contributed by atoms with E-state index >= 15 is 0 Å². The summed E-state index contributed by atoms with van der Waals surface area (Å²) in [5.74, 6) is -0.219. The third-order valence-electron chi connectivity index (χ3n) is 4.40. The molecule has 2 aromatic rings. The van der Waals surface area contributed by atoms with Gasteiger partial charge in [-0.05, 0) is 38.8 Å². The Morgan fingerprint density at radius 3 is 2.52 bits per heavy atom. The summed E-state index contributed by atoms with van der Waals surface area (Å²) in [7, 11) is 0. The van der Waals surface area contributed by atoms with Gasteiger partial charge in [-0.15, -0.1) is 0 Å². The van der Waals surface area contributed by atoms with E-state index in [0.717, 1.165) is 24.0 Å². The minimum Gasteiger partial charge on any atom is -0.352 e. The molecule has 1 saturated carbocycles. The van der Waals surface area contributed by atoms with E-state index in [0.29, 0.717) is 17.3 Å². The van der Waals surface area contributed by atoms with Crippen LogP contribution in [0, 0.1) is 13.8 Å². The highest BCUT2D eigenvalue weighted by atomic mass is 16.2. The van der Waals surface area contributed by atoms with Crippen molar-refractivity contribution in [3.8, 4) is 0 Å². The lowest BCUT2D eigenvalue weighted by Crippen LogP contribution is -2.35. The zero-order valence-electron chi connectivity index (χ0n) is 14.7. The summed E-state index contributed by atoms with van der Waals surface area (Å²) >= 11 is 0. The van der Waals surface area contributed by atoms with Gasteiger partial charge in [-0.3, -0.25) is 14.3 Å². The van der Waals surface area contributed by atoms with Gasteiger partial charge in [0.05, 0.1) is 11.9 Å². The third kappa shape index (κ3) is 4.68. The maximum absolute atomic E-state index is 12.4. The van der Waals surface area contributed by atoms with Crippen LogP contribution in [0.3, 0.4) is 0 Å². The van der Waals surface area contributed by atoms with Crippen LogP contribution in [0.2, 0.25) is 0 Å². The Labute approximate surface area is 147 Å². The van der Waals surface area contributed by atoms with Crippen molar-refractivity contribution in [1.82, 2.24) is 15.1 Å². The molecule has 6 nitrogen and oxygen atoms in total. The first-order valence-corrected chi connectivity index (χ1v) is 8.71. The van der Waals surface area contributed by atoms with Gasteiger partial charge in [-0.1, -0.05) is 30.0 Å². The second-order valence-corrected chi connectivity index (χ2v) is 6.81. The fourth-order valence-corrected chi connectivity index (χ4v) is 3.31. The van der Waals surface area contributed by atoms with Crippen molar-refractivity contribution in [2.45, 2.75) is 52.1 Å². The summed E-state index contributed by atoms with van der Waals surface area (Å²) in [6.07, 6.45) is 7.71. The Bertz CT molecular complexity index is 755.